The number of nitrogens with two attached hydrogens (primary N) is 1. The van der Waals surface area contributed by atoms with Gasteiger partial charge in [-0.15, -0.1) is 0 Å². The first-order valence-electron chi connectivity index (χ1n) is 6.18. The minimum Gasteiger partial charge on any atom is -0.389 e. The molecule has 1 rings (SSSR count). The maximum Gasteiger partial charge on any atom is 0.106 e. The molecule has 0 unspecified atom stereocenters. The molecule has 0 saturated heterocycles. The number of hydrogen-bond acceptors (Lipinski definition) is 3. The lowest BCUT2D eigenvalue weighted by atomic mass is 9.89. The first-order valence-corrected chi connectivity index (χ1v) is 7.38. The molecule has 0 aliphatic rings. The average Bonchev–Trinajstić information content (AvgIpc) is 2.34. The van der Waals surface area contributed by atoms with Crippen LogP contribution in [-0.4, -0.2) is 25.2 Å². The summed E-state index contributed by atoms with van der Waals surface area (Å²) >= 11 is 8.54. The molecule has 0 fully saturated rings. The van der Waals surface area contributed by atoms with Crippen molar-refractivity contribution < 1.29 is 4.74 Å². The summed E-state index contributed by atoms with van der Waals surface area (Å²) in [5.41, 5.74) is 7.73. The van der Waals surface area contributed by atoms with Gasteiger partial charge in [-0.25, -0.2) is 0 Å². The molecule has 0 saturated carbocycles. The van der Waals surface area contributed by atoms with E-state index in [2.05, 4.69) is 35.1 Å². The average molecular weight is 345 g/mol. The van der Waals surface area contributed by atoms with Crippen molar-refractivity contribution in [1.29, 1.82) is 0 Å². The number of halogens is 1. The molecule has 1 aromatic rings. The van der Waals surface area contributed by atoms with Gasteiger partial charge in [0, 0.05) is 36.0 Å². The van der Waals surface area contributed by atoms with E-state index in [4.69, 9.17) is 22.7 Å². The fourth-order valence-electron chi connectivity index (χ4n) is 1.68. The minimum atomic E-state index is 0.145. The molecule has 1 aromatic carbocycles. The molecule has 0 aliphatic carbocycles. The zero-order valence-corrected chi connectivity index (χ0v) is 14.0. The van der Waals surface area contributed by atoms with E-state index < -0.39 is 0 Å². The summed E-state index contributed by atoms with van der Waals surface area (Å²) in [5, 5.41) is 3.43. The summed E-state index contributed by atoms with van der Waals surface area (Å²) < 4.78 is 6.14. The van der Waals surface area contributed by atoms with Crippen LogP contribution in [0.5, 0.6) is 0 Å². The van der Waals surface area contributed by atoms with E-state index in [1.807, 2.05) is 18.2 Å². The second-order valence-electron chi connectivity index (χ2n) is 5.31. The third-order valence-corrected chi connectivity index (χ3v) is 3.70. The second-order valence-corrected chi connectivity index (χ2v) is 6.67. The smallest absolute Gasteiger partial charge is 0.106 e. The molecule has 3 N–H and O–H groups in total. The number of methoxy groups -OCH3 is 1. The zero-order valence-electron chi connectivity index (χ0n) is 11.6. The molecule has 3 nitrogen and oxygen atoms in total. The van der Waals surface area contributed by atoms with Gasteiger partial charge in [0.2, 0.25) is 0 Å². The van der Waals surface area contributed by atoms with Gasteiger partial charge in [0.15, 0.2) is 0 Å². The molecule has 0 bridgehead atoms. The molecule has 0 amide bonds. The Morgan fingerprint density at radius 1 is 1.47 bits per heavy atom. The lowest BCUT2D eigenvalue weighted by molar-refractivity contribution is 0.157. The Kier molecular flexibility index (Phi) is 6.23. The van der Waals surface area contributed by atoms with E-state index in [0.717, 1.165) is 35.3 Å². The highest BCUT2D eigenvalue weighted by atomic mass is 79.9. The Labute approximate surface area is 129 Å². The Balaban J connectivity index is 2.76. The molecule has 19 heavy (non-hydrogen) atoms. The van der Waals surface area contributed by atoms with E-state index in [0.29, 0.717) is 4.99 Å². The molecule has 0 atom stereocenters. The molecule has 0 spiro atoms. The minimum absolute atomic E-state index is 0.145. The highest BCUT2D eigenvalue weighted by Gasteiger charge is 2.18. The summed E-state index contributed by atoms with van der Waals surface area (Å²) in [4.78, 5) is 0.407. The second kappa shape index (κ2) is 7.22. The van der Waals surface area contributed by atoms with Crippen LogP contribution < -0.4 is 11.1 Å². The standard InChI is InChI=1S/C14H21BrN2OS/c1-14(2,6-7-18-3)9-17-12-8-10(15)4-5-11(12)13(16)19/h4-5,8,17H,6-7,9H2,1-3H3,(H2,16,19). The molecule has 0 heterocycles. The topological polar surface area (TPSA) is 47.3 Å². The van der Waals surface area contributed by atoms with Crippen molar-refractivity contribution in [3.8, 4) is 0 Å². The van der Waals surface area contributed by atoms with Gasteiger partial charge < -0.3 is 15.8 Å². The highest BCUT2D eigenvalue weighted by molar-refractivity contribution is 9.10. The third-order valence-electron chi connectivity index (χ3n) is 2.99. The largest absolute Gasteiger partial charge is 0.389 e. The Hall–Kier alpha value is -0.650. The van der Waals surface area contributed by atoms with Crippen molar-refractivity contribution >= 4 is 38.8 Å². The van der Waals surface area contributed by atoms with Gasteiger partial charge in [0.1, 0.15) is 4.99 Å². The van der Waals surface area contributed by atoms with Crippen LogP contribution >= 0.6 is 28.1 Å². The first kappa shape index (κ1) is 16.4. The van der Waals surface area contributed by atoms with E-state index >= 15 is 0 Å². The predicted octanol–water partition coefficient (Wildman–Crippen LogP) is 3.56. The van der Waals surface area contributed by atoms with Crippen LogP contribution in [0.4, 0.5) is 5.69 Å². The van der Waals surface area contributed by atoms with Crippen molar-refractivity contribution in [2.75, 3.05) is 25.6 Å². The van der Waals surface area contributed by atoms with Gasteiger partial charge in [0.05, 0.1) is 0 Å². The van der Waals surface area contributed by atoms with Gasteiger partial charge >= 0.3 is 0 Å². The van der Waals surface area contributed by atoms with Crippen LogP contribution in [0.3, 0.4) is 0 Å². The van der Waals surface area contributed by atoms with Crippen molar-refractivity contribution in [2.24, 2.45) is 11.1 Å². The van der Waals surface area contributed by atoms with Crippen molar-refractivity contribution in [1.82, 2.24) is 0 Å². The Bertz CT molecular complexity index is 449. The van der Waals surface area contributed by atoms with E-state index in [9.17, 15) is 0 Å². The number of rotatable bonds is 7. The lowest BCUT2D eigenvalue weighted by Gasteiger charge is -2.26. The van der Waals surface area contributed by atoms with Gasteiger partial charge in [-0.1, -0.05) is 42.0 Å². The molecule has 5 heteroatoms. The van der Waals surface area contributed by atoms with Crippen LogP contribution in [-0.2, 0) is 4.74 Å². The Morgan fingerprint density at radius 3 is 2.74 bits per heavy atom. The number of anilines is 1. The summed E-state index contributed by atoms with van der Waals surface area (Å²) in [6.45, 7) is 6.01. The van der Waals surface area contributed by atoms with Crippen LogP contribution in [0, 0.1) is 5.41 Å². The summed E-state index contributed by atoms with van der Waals surface area (Å²) in [6, 6.07) is 5.87. The van der Waals surface area contributed by atoms with Gasteiger partial charge in [-0.2, -0.15) is 0 Å². The molecular weight excluding hydrogens is 324 g/mol. The van der Waals surface area contributed by atoms with Crippen LogP contribution in [0.25, 0.3) is 0 Å². The molecule has 0 radical (unpaired) electrons. The van der Waals surface area contributed by atoms with Crippen molar-refractivity contribution in [3.05, 3.63) is 28.2 Å². The van der Waals surface area contributed by atoms with Gasteiger partial charge in [-0.05, 0) is 30.0 Å². The number of thiocarbonyl (C=S) groups is 1. The van der Waals surface area contributed by atoms with Crippen molar-refractivity contribution in [2.45, 2.75) is 20.3 Å². The van der Waals surface area contributed by atoms with Gasteiger partial charge in [0.25, 0.3) is 0 Å². The lowest BCUT2D eigenvalue weighted by Crippen LogP contribution is -2.25. The third kappa shape index (κ3) is 5.47. The number of ether oxygens (including phenoxy) is 1. The molecular formula is C14H21BrN2OS. The normalized spacial score (nSPS) is 11.4. The fraction of sp³-hybridized carbons (Fsp3) is 0.500. The highest BCUT2D eigenvalue weighted by Crippen LogP contribution is 2.25. The van der Waals surface area contributed by atoms with Crippen LogP contribution in [0.15, 0.2) is 22.7 Å². The van der Waals surface area contributed by atoms with Gasteiger partial charge in [-0.3, -0.25) is 0 Å². The predicted molar refractivity (Wildman–Crippen MR) is 88.8 cm³/mol. The maximum absolute atomic E-state index is 5.74. The van der Waals surface area contributed by atoms with E-state index in [1.54, 1.807) is 7.11 Å². The molecule has 0 aliphatic heterocycles. The zero-order chi connectivity index (χ0) is 14.5. The summed E-state index contributed by atoms with van der Waals surface area (Å²) in [5.74, 6) is 0. The van der Waals surface area contributed by atoms with Crippen LogP contribution in [0.2, 0.25) is 0 Å². The number of nitrogens with one attached hydrogen (secondary N) is 1. The summed E-state index contributed by atoms with van der Waals surface area (Å²) in [7, 11) is 1.72. The number of benzene rings is 1. The SMILES string of the molecule is COCCC(C)(C)CNc1cc(Br)ccc1C(N)=S. The monoisotopic (exact) mass is 344 g/mol. The van der Waals surface area contributed by atoms with E-state index in [1.165, 1.54) is 0 Å². The Morgan fingerprint density at radius 2 is 2.16 bits per heavy atom. The quantitative estimate of drug-likeness (QED) is 0.742. The summed E-state index contributed by atoms with van der Waals surface area (Å²) in [6.07, 6.45) is 0.993. The van der Waals surface area contributed by atoms with Crippen LogP contribution in [0.1, 0.15) is 25.8 Å². The fourth-order valence-corrected chi connectivity index (χ4v) is 2.22. The first-order chi connectivity index (χ1) is 8.85. The molecule has 106 valence electrons. The van der Waals surface area contributed by atoms with Crippen molar-refractivity contribution in [3.63, 3.8) is 0 Å². The number of hydrogen-bond donors (Lipinski definition) is 2. The maximum atomic E-state index is 5.74. The van der Waals surface area contributed by atoms with E-state index in [-0.39, 0.29) is 5.41 Å². The molecule has 0 aromatic heterocycles.